The number of hydrogen-bond acceptors (Lipinski definition) is 5. The molecule has 1 aliphatic rings. The quantitative estimate of drug-likeness (QED) is 0.913. The first-order valence-corrected chi connectivity index (χ1v) is 7.67. The van der Waals surface area contributed by atoms with Crippen molar-refractivity contribution >= 4 is 17.4 Å². The average Bonchev–Trinajstić information content (AvgIpc) is 2.82. The van der Waals surface area contributed by atoms with Crippen LogP contribution in [-0.4, -0.2) is 46.1 Å². The highest BCUT2D eigenvalue weighted by atomic mass is 32.1. The minimum absolute atomic E-state index is 0.0843. The van der Waals surface area contributed by atoms with Crippen molar-refractivity contribution in [1.82, 2.24) is 19.8 Å². The molecule has 5 nitrogen and oxygen atoms in total. The van der Waals surface area contributed by atoms with Gasteiger partial charge in [0.2, 0.25) is 0 Å². The normalized spacial score (nSPS) is 16.8. The van der Waals surface area contributed by atoms with E-state index in [4.69, 9.17) is 0 Å². The van der Waals surface area contributed by atoms with E-state index in [0.717, 1.165) is 38.2 Å². The lowest BCUT2D eigenvalue weighted by atomic mass is 9.97. The van der Waals surface area contributed by atoms with Gasteiger partial charge < -0.3 is 10.2 Å². The highest BCUT2D eigenvalue weighted by Crippen LogP contribution is 2.19. The van der Waals surface area contributed by atoms with Crippen LogP contribution in [0.25, 0.3) is 0 Å². The first-order valence-electron chi connectivity index (χ1n) is 6.90. The number of carbonyl (C=O) groups excluding carboxylic acids is 1. The minimum atomic E-state index is 0.0843. The zero-order valence-corrected chi connectivity index (χ0v) is 12.7. The third-order valence-corrected chi connectivity index (χ3v) is 4.46. The maximum absolute atomic E-state index is 12.6. The van der Waals surface area contributed by atoms with Crippen molar-refractivity contribution in [2.24, 2.45) is 5.92 Å². The van der Waals surface area contributed by atoms with Crippen LogP contribution in [0.1, 0.15) is 42.1 Å². The fourth-order valence-corrected chi connectivity index (χ4v) is 3.04. The summed E-state index contributed by atoms with van der Waals surface area (Å²) in [6.07, 6.45) is 2.30. The fraction of sp³-hybridized carbons (Fsp3) is 0.769. The maximum atomic E-state index is 12.6. The number of carbonyl (C=O) groups is 1. The van der Waals surface area contributed by atoms with Gasteiger partial charge in [-0.3, -0.25) is 4.79 Å². The summed E-state index contributed by atoms with van der Waals surface area (Å²) in [6.45, 7) is 8.96. The van der Waals surface area contributed by atoms with E-state index >= 15 is 0 Å². The molecule has 0 aromatic carbocycles. The van der Waals surface area contributed by atoms with Gasteiger partial charge in [0.15, 0.2) is 0 Å². The zero-order valence-electron chi connectivity index (χ0n) is 11.8. The minimum Gasteiger partial charge on any atom is -0.335 e. The van der Waals surface area contributed by atoms with Gasteiger partial charge in [0, 0.05) is 12.6 Å². The Morgan fingerprint density at radius 2 is 2.16 bits per heavy atom. The second-order valence-electron chi connectivity index (χ2n) is 5.43. The maximum Gasteiger partial charge on any atom is 0.267 e. The van der Waals surface area contributed by atoms with Crippen molar-refractivity contribution in [3.63, 3.8) is 0 Å². The molecule has 1 N–H and O–H groups in total. The van der Waals surface area contributed by atoms with Gasteiger partial charge in [-0.25, -0.2) is 0 Å². The van der Waals surface area contributed by atoms with Crippen molar-refractivity contribution in [3.05, 3.63) is 10.6 Å². The van der Waals surface area contributed by atoms with Crippen LogP contribution in [0.15, 0.2) is 0 Å². The molecule has 1 saturated heterocycles. The summed E-state index contributed by atoms with van der Waals surface area (Å²) in [5.74, 6) is 0.690. The van der Waals surface area contributed by atoms with Crippen molar-refractivity contribution in [2.45, 2.75) is 39.7 Å². The molecule has 6 heteroatoms. The summed E-state index contributed by atoms with van der Waals surface area (Å²) < 4.78 is 3.87. The van der Waals surface area contributed by atoms with Crippen LogP contribution in [0.3, 0.4) is 0 Å². The van der Waals surface area contributed by atoms with Gasteiger partial charge in [-0.05, 0) is 64.2 Å². The molecule has 106 valence electrons. The van der Waals surface area contributed by atoms with Crippen LogP contribution in [-0.2, 0) is 0 Å². The standard InChI is InChI=1S/C13H22N4OS/c1-9(2)17(8-11-4-6-14-7-5-11)13(18)12-10(3)15-16-19-12/h9,11,14H,4-8H2,1-3H3. The predicted molar refractivity (Wildman–Crippen MR) is 76.4 cm³/mol. The van der Waals surface area contributed by atoms with Gasteiger partial charge >= 0.3 is 0 Å². The monoisotopic (exact) mass is 282 g/mol. The van der Waals surface area contributed by atoms with Gasteiger partial charge in [0.05, 0.1) is 5.69 Å². The zero-order chi connectivity index (χ0) is 13.8. The van der Waals surface area contributed by atoms with E-state index < -0.39 is 0 Å². The third kappa shape index (κ3) is 3.51. The van der Waals surface area contributed by atoms with Crippen molar-refractivity contribution in [3.8, 4) is 0 Å². The molecule has 2 heterocycles. The Morgan fingerprint density at radius 1 is 1.47 bits per heavy atom. The molecule has 0 unspecified atom stereocenters. The highest BCUT2D eigenvalue weighted by molar-refractivity contribution is 7.07. The van der Waals surface area contributed by atoms with Crippen molar-refractivity contribution in [2.75, 3.05) is 19.6 Å². The summed E-state index contributed by atoms with van der Waals surface area (Å²) in [6, 6.07) is 0.212. The van der Waals surface area contributed by atoms with Gasteiger partial charge in [-0.1, -0.05) is 4.49 Å². The van der Waals surface area contributed by atoms with Crippen LogP contribution in [0.4, 0.5) is 0 Å². The Balaban J connectivity index is 2.07. The summed E-state index contributed by atoms with van der Waals surface area (Å²) in [5.41, 5.74) is 0.742. The number of nitrogens with zero attached hydrogens (tertiary/aromatic N) is 3. The number of aromatic nitrogens is 2. The topological polar surface area (TPSA) is 58.1 Å². The number of rotatable bonds is 4. The van der Waals surface area contributed by atoms with Crippen LogP contribution >= 0.6 is 11.5 Å². The molecule has 1 fully saturated rings. The Hall–Kier alpha value is -1.01. The molecule has 2 rings (SSSR count). The summed E-state index contributed by atoms with van der Waals surface area (Å²) in [7, 11) is 0. The van der Waals surface area contributed by atoms with E-state index in [0.29, 0.717) is 10.8 Å². The smallest absolute Gasteiger partial charge is 0.267 e. The molecule has 0 radical (unpaired) electrons. The van der Waals surface area contributed by atoms with Crippen molar-refractivity contribution in [1.29, 1.82) is 0 Å². The molecule has 19 heavy (non-hydrogen) atoms. The molecule has 1 amide bonds. The van der Waals surface area contributed by atoms with E-state index in [9.17, 15) is 4.79 Å². The average molecular weight is 282 g/mol. The van der Waals surface area contributed by atoms with Crippen LogP contribution in [0.5, 0.6) is 0 Å². The molecule has 0 atom stereocenters. The summed E-state index contributed by atoms with van der Waals surface area (Å²) in [4.78, 5) is 15.2. The Kier molecular flexibility index (Phi) is 4.87. The van der Waals surface area contributed by atoms with Crippen LogP contribution < -0.4 is 5.32 Å². The lowest BCUT2D eigenvalue weighted by molar-refractivity contribution is 0.0662. The molecular formula is C13H22N4OS. The van der Waals surface area contributed by atoms with Gasteiger partial charge in [-0.2, -0.15) is 0 Å². The molecule has 1 aliphatic heterocycles. The van der Waals surface area contributed by atoms with Crippen LogP contribution in [0.2, 0.25) is 0 Å². The summed E-state index contributed by atoms with van der Waals surface area (Å²) >= 11 is 1.20. The van der Waals surface area contributed by atoms with E-state index in [1.165, 1.54) is 11.5 Å². The second-order valence-corrected chi connectivity index (χ2v) is 6.19. The predicted octanol–water partition coefficient (Wildman–Crippen LogP) is 1.70. The Labute approximate surface area is 118 Å². The van der Waals surface area contributed by atoms with Crippen LogP contribution in [0, 0.1) is 12.8 Å². The van der Waals surface area contributed by atoms with E-state index in [2.05, 4.69) is 28.8 Å². The number of aryl methyl sites for hydroxylation is 1. The molecule has 0 spiro atoms. The van der Waals surface area contributed by atoms with E-state index in [1.807, 2.05) is 11.8 Å². The van der Waals surface area contributed by atoms with Gasteiger partial charge in [0.1, 0.15) is 4.88 Å². The lowest BCUT2D eigenvalue weighted by Crippen LogP contribution is -2.42. The second kappa shape index (κ2) is 6.43. The third-order valence-electron chi connectivity index (χ3n) is 3.64. The first kappa shape index (κ1) is 14.4. The van der Waals surface area contributed by atoms with E-state index in [-0.39, 0.29) is 11.9 Å². The first-order chi connectivity index (χ1) is 9.09. The van der Waals surface area contributed by atoms with Gasteiger partial charge in [0.25, 0.3) is 5.91 Å². The molecule has 0 saturated carbocycles. The largest absolute Gasteiger partial charge is 0.335 e. The highest BCUT2D eigenvalue weighted by Gasteiger charge is 2.26. The molecule has 0 bridgehead atoms. The Morgan fingerprint density at radius 3 is 2.68 bits per heavy atom. The molecule has 0 aliphatic carbocycles. The number of hydrogen-bond donors (Lipinski definition) is 1. The van der Waals surface area contributed by atoms with E-state index in [1.54, 1.807) is 0 Å². The number of piperidine rings is 1. The SMILES string of the molecule is Cc1nnsc1C(=O)N(CC1CCNCC1)C(C)C. The molecule has 1 aromatic heterocycles. The lowest BCUT2D eigenvalue weighted by Gasteiger charge is -2.32. The summed E-state index contributed by atoms with van der Waals surface area (Å²) in [5, 5.41) is 7.30. The number of amides is 1. The Bertz CT molecular complexity index is 426. The number of nitrogens with one attached hydrogen (secondary N) is 1. The van der Waals surface area contributed by atoms with Gasteiger partial charge in [-0.15, -0.1) is 5.10 Å². The molecular weight excluding hydrogens is 260 g/mol. The van der Waals surface area contributed by atoms with Crippen molar-refractivity contribution < 1.29 is 4.79 Å². The molecule has 1 aromatic rings. The fourth-order valence-electron chi connectivity index (χ4n) is 2.43.